The van der Waals surface area contributed by atoms with E-state index in [1.807, 2.05) is 44.2 Å². The van der Waals surface area contributed by atoms with E-state index < -0.39 is 0 Å². The lowest BCUT2D eigenvalue weighted by atomic mass is 10.0. The standard InChI is InChI=1S/C20H17BrO4/c1-11(2)6-7-14-15(22)9-16(23)19-17(24)10-18(25-20(14)19)12-4-3-5-13(21)8-12/h3-6,8-10,22-23H,7H2,1-2H3. The minimum absolute atomic E-state index is 0.0775. The maximum Gasteiger partial charge on any atom is 0.197 e. The molecule has 0 saturated carbocycles. The van der Waals surface area contributed by atoms with E-state index in [1.165, 1.54) is 12.1 Å². The summed E-state index contributed by atoms with van der Waals surface area (Å²) in [4.78, 5) is 12.6. The third kappa shape index (κ3) is 3.46. The molecule has 0 bridgehead atoms. The Balaban J connectivity index is 2.32. The second-order valence-electron chi connectivity index (χ2n) is 6.07. The highest BCUT2D eigenvalue weighted by molar-refractivity contribution is 9.10. The van der Waals surface area contributed by atoms with E-state index in [1.54, 1.807) is 0 Å². The first-order valence-corrected chi connectivity index (χ1v) is 8.57. The number of allylic oxidation sites excluding steroid dienone is 2. The predicted octanol–water partition coefficient (Wildman–Crippen LogP) is 5.14. The third-order valence-corrected chi connectivity index (χ3v) is 4.38. The van der Waals surface area contributed by atoms with Crippen molar-refractivity contribution in [3.05, 3.63) is 68.3 Å². The maximum atomic E-state index is 12.6. The first-order chi connectivity index (χ1) is 11.9. The molecule has 0 saturated heterocycles. The number of phenolic OH excluding ortho intramolecular Hbond substituents is 2. The first kappa shape index (κ1) is 17.3. The Morgan fingerprint density at radius 1 is 1.16 bits per heavy atom. The van der Waals surface area contributed by atoms with Crippen molar-refractivity contribution >= 4 is 26.9 Å². The van der Waals surface area contributed by atoms with Gasteiger partial charge in [0.25, 0.3) is 0 Å². The number of hydrogen-bond donors (Lipinski definition) is 2. The van der Waals surface area contributed by atoms with Crippen LogP contribution in [0.25, 0.3) is 22.3 Å². The number of hydrogen-bond acceptors (Lipinski definition) is 4. The van der Waals surface area contributed by atoms with Gasteiger partial charge in [-0.15, -0.1) is 0 Å². The summed E-state index contributed by atoms with van der Waals surface area (Å²) >= 11 is 3.40. The molecule has 0 aliphatic rings. The molecule has 0 unspecified atom stereocenters. The highest BCUT2D eigenvalue weighted by Gasteiger charge is 2.17. The summed E-state index contributed by atoms with van der Waals surface area (Å²) in [5.74, 6) is -0.0118. The Labute approximate surface area is 153 Å². The molecule has 3 rings (SSSR count). The molecule has 0 atom stereocenters. The highest BCUT2D eigenvalue weighted by atomic mass is 79.9. The van der Waals surface area contributed by atoms with Crippen LogP contribution in [0.2, 0.25) is 0 Å². The zero-order chi connectivity index (χ0) is 18.1. The molecule has 25 heavy (non-hydrogen) atoms. The van der Waals surface area contributed by atoms with Gasteiger partial charge < -0.3 is 14.6 Å². The normalized spacial score (nSPS) is 10.8. The van der Waals surface area contributed by atoms with E-state index in [0.29, 0.717) is 17.7 Å². The number of fused-ring (bicyclic) bond motifs is 1. The maximum absolute atomic E-state index is 12.6. The summed E-state index contributed by atoms with van der Waals surface area (Å²) in [7, 11) is 0. The monoisotopic (exact) mass is 400 g/mol. The van der Waals surface area contributed by atoms with Crippen LogP contribution in [-0.2, 0) is 6.42 Å². The van der Waals surface area contributed by atoms with Crippen LogP contribution >= 0.6 is 15.9 Å². The van der Waals surface area contributed by atoms with Crippen LogP contribution < -0.4 is 5.43 Å². The molecule has 1 heterocycles. The molecule has 0 fully saturated rings. The molecular formula is C20H17BrO4. The Morgan fingerprint density at radius 2 is 1.92 bits per heavy atom. The van der Waals surface area contributed by atoms with Crippen LogP contribution in [0.1, 0.15) is 19.4 Å². The topological polar surface area (TPSA) is 70.7 Å². The number of halogens is 1. The second-order valence-corrected chi connectivity index (χ2v) is 6.98. The van der Waals surface area contributed by atoms with Crippen molar-refractivity contribution in [3.8, 4) is 22.8 Å². The van der Waals surface area contributed by atoms with Gasteiger partial charge in [-0.1, -0.05) is 39.7 Å². The largest absolute Gasteiger partial charge is 0.507 e. The van der Waals surface area contributed by atoms with Crippen molar-refractivity contribution in [2.24, 2.45) is 0 Å². The van der Waals surface area contributed by atoms with E-state index >= 15 is 0 Å². The Kier molecular flexibility index (Phi) is 4.68. The third-order valence-electron chi connectivity index (χ3n) is 3.88. The van der Waals surface area contributed by atoms with Gasteiger partial charge in [-0.25, -0.2) is 0 Å². The molecule has 5 heteroatoms. The van der Waals surface area contributed by atoms with Gasteiger partial charge >= 0.3 is 0 Å². The Morgan fingerprint density at radius 3 is 2.60 bits per heavy atom. The average Bonchev–Trinajstić information content (AvgIpc) is 2.53. The number of rotatable bonds is 3. The molecular weight excluding hydrogens is 384 g/mol. The van der Waals surface area contributed by atoms with E-state index in [4.69, 9.17) is 4.42 Å². The predicted molar refractivity (Wildman–Crippen MR) is 102 cm³/mol. The highest BCUT2D eigenvalue weighted by Crippen LogP contribution is 2.35. The summed E-state index contributed by atoms with van der Waals surface area (Å²) in [6.45, 7) is 3.89. The van der Waals surface area contributed by atoms with Crippen LogP contribution in [-0.4, -0.2) is 10.2 Å². The van der Waals surface area contributed by atoms with Gasteiger partial charge in [0, 0.05) is 27.7 Å². The van der Waals surface area contributed by atoms with E-state index in [2.05, 4.69) is 15.9 Å². The molecule has 2 N–H and O–H groups in total. The Hall–Kier alpha value is -2.53. The van der Waals surface area contributed by atoms with Crippen molar-refractivity contribution in [1.82, 2.24) is 0 Å². The van der Waals surface area contributed by atoms with E-state index in [0.717, 1.165) is 15.6 Å². The van der Waals surface area contributed by atoms with Crippen molar-refractivity contribution in [3.63, 3.8) is 0 Å². The fourth-order valence-corrected chi connectivity index (χ4v) is 3.04. The van der Waals surface area contributed by atoms with Gasteiger partial charge in [0.2, 0.25) is 0 Å². The van der Waals surface area contributed by atoms with Crippen molar-refractivity contribution in [2.75, 3.05) is 0 Å². The number of aromatic hydroxyl groups is 2. The Bertz CT molecular complexity index is 1040. The zero-order valence-electron chi connectivity index (χ0n) is 13.8. The molecule has 3 aromatic rings. The number of benzene rings is 2. The summed E-state index contributed by atoms with van der Waals surface area (Å²) in [5.41, 5.74) is 2.13. The van der Waals surface area contributed by atoms with Crippen molar-refractivity contribution in [2.45, 2.75) is 20.3 Å². The molecule has 0 radical (unpaired) electrons. The lowest BCUT2D eigenvalue weighted by Crippen LogP contribution is -2.03. The zero-order valence-corrected chi connectivity index (χ0v) is 15.4. The summed E-state index contributed by atoms with van der Waals surface area (Å²) in [5, 5.41) is 20.4. The molecule has 0 aliphatic heterocycles. The molecule has 4 nitrogen and oxygen atoms in total. The lowest BCUT2D eigenvalue weighted by molar-refractivity contribution is 0.448. The molecule has 0 spiro atoms. The van der Waals surface area contributed by atoms with Crippen LogP contribution in [0.3, 0.4) is 0 Å². The minimum atomic E-state index is -0.354. The smallest absolute Gasteiger partial charge is 0.197 e. The summed E-state index contributed by atoms with van der Waals surface area (Å²) in [6, 6.07) is 9.92. The van der Waals surface area contributed by atoms with E-state index in [-0.39, 0.29) is 27.9 Å². The van der Waals surface area contributed by atoms with Gasteiger partial charge in [-0.05, 0) is 32.4 Å². The molecule has 1 aromatic heterocycles. The summed E-state index contributed by atoms with van der Waals surface area (Å²) in [6.07, 6.45) is 2.33. The van der Waals surface area contributed by atoms with Crippen molar-refractivity contribution in [1.29, 1.82) is 0 Å². The van der Waals surface area contributed by atoms with Crippen LogP contribution in [0.4, 0.5) is 0 Å². The fraction of sp³-hybridized carbons (Fsp3) is 0.150. The van der Waals surface area contributed by atoms with Gasteiger partial charge in [-0.3, -0.25) is 4.79 Å². The molecule has 0 aliphatic carbocycles. The van der Waals surface area contributed by atoms with E-state index in [9.17, 15) is 15.0 Å². The fourth-order valence-electron chi connectivity index (χ4n) is 2.64. The number of phenols is 2. The molecule has 2 aromatic carbocycles. The van der Waals surface area contributed by atoms with Crippen LogP contribution in [0.15, 0.2) is 61.7 Å². The van der Waals surface area contributed by atoms with Gasteiger partial charge in [-0.2, -0.15) is 0 Å². The molecule has 0 amide bonds. The first-order valence-electron chi connectivity index (χ1n) is 7.78. The van der Waals surface area contributed by atoms with Crippen LogP contribution in [0, 0.1) is 0 Å². The quantitative estimate of drug-likeness (QED) is 0.596. The second kappa shape index (κ2) is 6.76. The van der Waals surface area contributed by atoms with Crippen molar-refractivity contribution < 1.29 is 14.6 Å². The van der Waals surface area contributed by atoms with Gasteiger partial charge in [0.15, 0.2) is 5.43 Å². The SMILES string of the molecule is CC(C)=CCc1c(O)cc(O)c2c(=O)cc(-c3cccc(Br)c3)oc12. The van der Waals surface area contributed by atoms with Gasteiger partial charge in [0.05, 0.1) is 0 Å². The van der Waals surface area contributed by atoms with Crippen LogP contribution in [0.5, 0.6) is 11.5 Å². The van der Waals surface area contributed by atoms with Gasteiger partial charge in [0.1, 0.15) is 28.2 Å². The molecule has 128 valence electrons. The summed E-state index contributed by atoms with van der Waals surface area (Å²) < 4.78 is 6.80. The average molecular weight is 401 g/mol. The minimum Gasteiger partial charge on any atom is -0.507 e. The lowest BCUT2D eigenvalue weighted by Gasteiger charge is -2.10.